The van der Waals surface area contributed by atoms with Gasteiger partial charge in [-0.3, -0.25) is 14.4 Å². The lowest BCUT2D eigenvalue weighted by Gasteiger charge is -2.17. The standard InChI is InChI=1S/C18H18BrN3O3/c1-12(23)20-14-7-5-6-13(10-14)18(25)22(2)11-17(24)21-16-9-4-3-8-15(16)19/h3-10H,11H2,1-2H3,(H,20,23)(H,21,24). The number of amides is 3. The van der Waals surface area contributed by atoms with Gasteiger partial charge in [0.25, 0.3) is 5.91 Å². The maximum atomic E-state index is 12.5. The molecule has 0 spiro atoms. The average molecular weight is 404 g/mol. The van der Waals surface area contributed by atoms with Crippen LogP contribution in [0.25, 0.3) is 0 Å². The van der Waals surface area contributed by atoms with Crippen molar-refractivity contribution >= 4 is 45.0 Å². The molecule has 3 amide bonds. The van der Waals surface area contributed by atoms with Crippen LogP contribution in [-0.4, -0.2) is 36.2 Å². The van der Waals surface area contributed by atoms with Gasteiger partial charge in [-0.1, -0.05) is 18.2 Å². The van der Waals surface area contributed by atoms with E-state index in [9.17, 15) is 14.4 Å². The molecule has 2 rings (SSSR count). The zero-order valence-corrected chi connectivity index (χ0v) is 15.5. The second kappa shape index (κ2) is 8.43. The zero-order chi connectivity index (χ0) is 18.4. The van der Waals surface area contributed by atoms with Crippen molar-refractivity contribution in [1.29, 1.82) is 0 Å². The highest BCUT2D eigenvalue weighted by molar-refractivity contribution is 9.10. The maximum absolute atomic E-state index is 12.5. The molecule has 0 saturated heterocycles. The van der Waals surface area contributed by atoms with E-state index in [0.717, 1.165) is 4.47 Å². The quantitative estimate of drug-likeness (QED) is 0.804. The fourth-order valence-electron chi connectivity index (χ4n) is 2.19. The number of hydrogen-bond acceptors (Lipinski definition) is 3. The minimum Gasteiger partial charge on any atom is -0.332 e. The molecule has 0 aliphatic rings. The van der Waals surface area contributed by atoms with Crippen molar-refractivity contribution in [2.45, 2.75) is 6.92 Å². The van der Waals surface area contributed by atoms with Crippen molar-refractivity contribution in [2.24, 2.45) is 0 Å². The van der Waals surface area contributed by atoms with E-state index < -0.39 is 0 Å². The predicted molar refractivity (Wildman–Crippen MR) is 100 cm³/mol. The van der Waals surface area contributed by atoms with Crippen molar-refractivity contribution in [3.05, 3.63) is 58.6 Å². The second-order valence-electron chi connectivity index (χ2n) is 5.45. The van der Waals surface area contributed by atoms with Crippen molar-refractivity contribution in [3.63, 3.8) is 0 Å². The first kappa shape index (κ1) is 18.7. The highest BCUT2D eigenvalue weighted by Gasteiger charge is 2.16. The summed E-state index contributed by atoms with van der Waals surface area (Å²) in [6.07, 6.45) is 0. The first-order chi connectivity index (χ1) is 11.9. The Morgan fingerprint density at radius 2 is 1.76 bits per heavy atom. The number of hydrogen-bond donors (Lipinski definition) is 2. The van der Waals surface area contributed by atoms with Crippen LogP contribution in [0.4, 0.5) is 11.4 Å². The lowest BCUT2D eigenvalue weighted by Crippen LogP contribution is -2.35. The summed E-state index contributed by atoms with van der Waals surface area (Å²) in [4.78, 5) is 37.0. The normalized spacial score (nSPS) is 10.0. The largest absolute Gasteiger partial charge is 0.332 e. The first-order valence-electron chi connectivity index (χ1n) is 7.54. The number of nitrogens with one attached hydrogen (secondary N) is 2. The Hall–Kier alpha value is -2.67. The van der Waals surface area contributed by atoms with Gasteiger partial charge in [-0.25, -0.2) is 0 Å². The van der Waals surface area contributed by atoms with E-state index in [4.69, 9.17) is 0 Å². The molecule has 7 heteroatoms. The van der Waals surface area contributed by atoms with Gasteiger partial charge in [-0.05, 0) is 46.3 Å². The molecule has 0 aromatic heterocycles. The molecule has 25 heavy (non-hydrogen) atoms. The van der Waals surface area contributed by atoms with Gasteiger partial charge in [0.1, 0.15) is 0 Å². The molecule has 2 N–H and O–H groups in total. The summed E-state index contributed by atoms with van der Waals surface area (Å²) in [5.41, 5.74) is 1.56. The van der Waals surface area contributed by atoms with Crippen LogP contribution < -0.4 is 10.6 Å². The molecule has 2 aromatic carbocycles. The lowest BCUT2D eigenvalue weighted by atomic mass is 10.1. The molecule has 0 bridgehead atoms. The highest BCUT2D eigenvalue weighted by Crippen LogP contribution is 2.21. The fraction of sp³-hybridized carbons (Fsp3) is 0.167. The molecular formula is C18H18BrN3O3. The summed E-state index contributed by atoms with van der Waals surface area (Å²) in [6, 6.07) is 13.8. The van der Waals surface area contributed by atoms with Crippen LogP contribution in [0, 0.1) is 0 Å². The van der Waals surface area contributed by atoms with Crippen molar-refractivity contribution in [2.75, 3.05) is 24.2 Å². The number of para-hydroxylation sites is 1. The van der Waals surface area contributed by atoms with Crippen LogP contribution in [0.1, 0.15) is 17.3 Å². The third kappa shape index (κ3) is 5.42. The van der Waals surface area contributed by atoms with Crippen LogP contribution >= 0.6 is 15.9 Å². The van der Waals surface area contributed by atoms with Gasteiger partial charge in [-0.15, -0.1) is 0 Å². The third-order valence-corrected chi connectivity index (χ3v) is 4.00. The molecule has 0 aliphatic carbocycles. The van der Waals surface area contributed by atoms with Gasteiger partial charge in [0.05, 0.1) is 12.2 Å². The first-order valence-corrected chi connectivity index (χ1v) is 8.33. The number of rotatable bonds is 5. The Morgan fingerprint density at radius 1 is 1.04 bits per heavy atom. The minimum absolute atomic E-state index is 0.0927. The van der Waals surface area contributed by atoms with Crippen LogP contribution in [0.3, 0.4) is 0 Å². The molecule has 0 aliphatic heterocycles. The van der Waals surface area contributed by atoms with Gasteiger partial charge in [-0.2, -0.15) is 0 Å². The molecule has 0 unspecified atom stereocenters. The van der Waals surface area contributed by atoms with E-state index >= 15 is 0 Å². The molecule has 2 aromatic rings. The van der Waals surface area contributed by atoms with E-state index in [1.54, 1.807) is 37.4 Å². The maximum Gasteiger partial charge on any atom is 0.254 e. The van der Waals surface area contributed by atoms with Crippen LogP contribution in [0.15, 0.2) is 53.0 Å². The SMILES string of the molecule is CC(=O)Nc1cccc(C(=O)N(C)CC(=O)Nc2ccccc2Br)c1. The Kier molecular flexibility index (Phi) is 6.30. The number of anilines is 2. The van der Waals surface area contributed by atoms with Gasteiger partial charge in [0.2, 0.25) is 11.8 Å². The smallest absolute Gasteiger partial charge is 0.254 e. The molecule has 130 valence electrons. The predicted octanol–water partition coefficient (Wildman–Crippen LogP) is 3.12. The third-order valence-electron chi connectivity index (χ3n) is 3.31. The van der Waals surface area contributed by atoms with Gasteiger partial charge in [0.15, 0.2) is 0 Å². The fourth-order valence-corrected chi connectivity index (χ4v) is 2.58. The summed E-state index contributed by atoms with van der Waals surface area (Å²) >= 11 is 3.35. The summed E-state index contributed by atoms with van der Waals surface area (Å²) < 4.78 is 0.764. The second-order valence-corrected chi connectivity index (χ2v) is 6.31. The number of nitrogens with zero attached hydrogens (tertiary/aromatic N) is 1. The zero-order valence-electron chi connectivity index (χ0n) is 13.9. The van der Waals surface area contributed by atoms with Crippen molar-refractivity contribution in [3.8, 4) is 0 Å². The number of likely N-dealkylation sites (N-methyl/N-ethyl adjacent to an activating group) is 1. The van der Waals surface area contributed by atoms with E-state index in [0.29, 0.717) is 16.9 Å². The summed E-state index contributed by atoms with van der Waals surface area (Å²) in [6.45, 7) is 1.30. The van der Waals surface area contributed by atoms with Gasteiger partial charge < -0.3 is 15.5 Å². The topological polar surface area (TPSA) is 78.5 Å². The van der Waals surface area contributed by atoms with E-state index in [-0.39, 0.29) is 24.3 Å². The van der Waals surface area contributed by atoms with E-state index in [1.165, 1.54) is 11.8 Å². The number of carbonyl (C=O) groups excluding carboxylic acids is 3. The Balaban J connectivity index is 2.01. The molecule has 0 atom stereocenters. The minimum atomic E-state index is -0.311. The Morgan fingerprint density at radius 3 is 2.44 bits per heavy atom. The summed E-state index contributed by atoms with van der Waals surface area (Å²) in [5, 5.41) is 5.37. The molecule has 0 heterocycles. The lowest BCUT2D eigenvalue weighted by molar-refractivity contribution is -0.116. The Labute approximate surface area is 154 Å². The van der Waals surface area contributed by atoms with E-state index in [2.05, 4.69) is 26.6 Å². The summed E-state index contributed by atoms with van der Waals surface area (Å²) in [5.74, 6) is -0.832. The molecule has 0 fully saturated rings. The summed E-state index contributed by atoms with van der Waals surface area (Å²) in [7, 11) is 1.55. The highest BCUT2D eigenvalue weighted by atomic mass is 79.9. The van der Waals surface area contributed by atoms with Crippen molar-refractivity contribution in [1.82, 2.24) is 4.90 Å². The van der Waals surface area contributed by atoms with E-state index in [1.807, 2.05) is 18.2 Å². The van der Waals surface area contributed by atoms with Gasteiger partial charge >= 0.3 is 0 Å². The number of halogens is 1. The molecular weight excluding hydrogens is 386 g/mol. The van der Waals surface area contributed by atoms with Crippen LogP contribution in [-0.2, 0) is 9.59 Å². The van der Waals surface area contributed by atoms with Crippen LogP contribution in [0.2, 0.25) is 0 Å². The van der Waals surface area contributed by atoms with Crippen molar-refractivity contribution < 1.29 is 14.4 Å². The average Bonchev–Trinajstić information content (AvgIpc) is 2.55. The van der Waals surface area contributed by atoms with Gasteiger partial charge in [0, 0.05) is 29.7 Å². The Bertz CT molecular complexity index is 808. The molecule has 0 radical (unpaired) electrons. The molecule has 6 nitrogen and oxygen atoms in total. The number of carbonyl (C=O) groups is 3. The van der Waals surface area contributed by atoms with Crippen LogP contribution in [0.5, 0.6) is 0 Å². The molecule has 0 saturated carbocycles. The number of benzene rings is 2. The monoisotopic (exact) mass is 403 g/mol.